The first-order valence-corrected chi connectivity index (χ1v) is 15.5. The van der Waals surface area contributed by atoms with Crippen molar-refractivity contribution in [3.05, 3.63) is 133 Å². The number of phenolic OH excluding ortho intramolecular Hbond substituents is 1. The van der Waals surface area contributed by atoms with E-state index in [4.69, 9.17) is 9.72 Å². The topological polar surface area (TPSA) is 68.1 Å². The smallest absolute Gasteiger partial charge is 0.217 e. The molecule has 0 radical (unpaired) electrons. The van der Waals surface area contributed by atoms with E-state index >= 15 is 0 Å². The molecule has 3 aromatic heterocycles. The Morgan fingerprint density at radius 2 is 1.32 bits per heavy atom. The molecule has 0 bridgehead atoms. The summed E-state index contributed by atoms with van der Waals surface area (Å²) in [5, 5.41) is 11.7. The fraction of sp³-hybridized carbons (Fsp3) is 0.195. The van der Waals surface area contributed by atoms with Gasteiger partial charge in [-0.1, -0.05) is 90.1 Å². The maximum atomic E-state index is 11.7. The van der Waals surface area contributed by atoms with E-state index in [1.165, 1.54) is 0 Å². The van der Waals surface area contributed by atoms with E-state index in [1.54, 1.807) is 18.6 Å². The van der Waals surface area contributed by atoms with Crippen molar-refractivity contribution in [3.63, 3.8) is 0 Å². The number of aromatic hydroxyl groups is 1. The second kappa shape index (κ2) is 13.6. The fourth-order valence-electron chi connectivity index (χ4n) is 5.40. The van der Waals surface area contributed by atoms with E-state index in [0.717, 1.165) is 44.6 Å². The number of benzene rings is 3. The summed E-state index contributed by atoms with van der Waals surface area (Å²) in [6.45, 7) is 12.9. The normalized spacial score (nSPS) is 11.5. The van der Waals surface area contributed by atoms with Gasteiger partial charge < -0.3 is 9.84 Å². The van der Waals surface area contributed by atoms with Crippen molar-refractivity contribution >= 4 is 0 Å². The fourth-order valence-corrected chi connectivity index (χ4v) is 5.40. The molecule has 0 amide bonds. The molecule has 0 aliphatic heterocycles. The Morgan fingerprint density at radius 1 is 0.638 bits per heavy atom. The monoisotopic (exact) mass is 799 g/mol. The maximum Gasteiger partial charge on any atom is 0.217 e. The zero-order valence-corrected chi connectivity index (χ0v) is 29.8. The van der Waals surface area contributed by atoms with Gasteiger partial charge in [0.15, 0.2) is 0 Å². The van der Waals surface area contributed by atoms with Crippen LogP contribution in [0.1, 0.15) is 52.7 Å². The van der Waals surface area contributed by atoms with Crippen molar-refractivity contribution in [3.8, 4) is 62.1 Å². The first kappa shape index (κ1) is 33.8. The van der Waals surface area contributed by atoms with Gasteiger partial charge in [-0.15, -0.1) is 23.8 Å². The zero-order valence-electron chi connectivity index (χ0n) is 27.5. The minimum atomic E-state index is -0.262. The van der Waals surface area contributed by atoms with Gasteiger partial charge in [-0.25, -0.2) is 4.98 Å². The van der Waals surface area contributed by atoms with E-state index in [9.17, 15) is 5.11 Å². The van der Waals surface area contributed by atoms with Crippen LogP contribution in [0.5, 0.6) is 17.4 Å². The maximum absolute atomic E-state index is 11.7. The second-order valence-corrected chi connectivity index (χ2v) is 13.6. The van der Waals surface area contributed by atoms with E-state index in [1.807, 2.05) is 60.7 Å². The molecule has 1 N–H and O–H groups in total. The third-order valence-corrected chi connectivity index (χ3v) is 8.00. The predicted molar refractivity (Wildman–Crippen MR) is 186 cm³/mol. The molecule has 3 aromatic carbocycles. The molecule has 3 heterocycles. The van der Waals surface area contributed by atoms with Crippen LogP contribution in [0.3, 0.4) is 0 Å². The van der Waals surface area contributed by atoms with Crippen LogP contribution < -0.4 is 4.74 Å². The van der Waals surface area contributed by atoms with Crippen molar-refractivity contribution < 1.29 is 30.9 Å². The summed E-state index contributed by atoms with van der Waals surface area (Å²) >= 11 is 0. The average molecular weight is 800 g/mol. The van der Waals surface area contributed by atoms with Gasteiger partial charge >= 0.3 is 0 Å². The molecule has 6 rings (SSSR count). The van der Waals surface area contributed by atoms with Gasteiger partial charge in [0.05, 0.1) is 5.69 Å². The van der Waals surface area contributed by atoms with Crippen LogP contribution >= 0.6 is 0 Å². The number of hydrogen-bond acceptors (Lipinski definition) is 5. The Morgan fingerprint density at radius 3 is 2.02 bits per heavy atom. The van der Waals surface area contributed by atoms with Gasteiger partial charge in [0, 0.05) is 62.6 Å². The Kier molecular flexibility index (Phi) is 9.79. The number of nitrogens with zero attached hydrogens (tertiary/aromatic N) is 3. The minimum absolute atomic E-state index is 0. The van der Waals surface area contributed by atoms with Gasteiger partial charge in [0.25, 0.3) is 0 Å². The summed E-state index contributed by atoms with van der Waals surface area (Å²) in [7, 11) is 0. The van der Waals surface area contributed by atoms with Gasteiger partial charge in [0.1, 0.15) is 5.75 Å². The molecule has 6 heteroatoms. The molecule has 0 aliphatic carbocycles. The Bertz CT molecular complexity index is 2000. The van der Waals surface area contributed by atoms with Crippen LogP contribution in [0.15, 0.2) is 116 Å². The summed E-state index contributed by atoms with van der Waals surface area (Å²) in [6, 6.07) is 35.5. The molecule has 0 atom stereocenters. The molecule has 0 spiro atoms. The summed E-state index contributed by atoms with van der Waals surface area (Å²) in [4.78, 5) is 13.7. The standard InChI is InChI=1S/C41H38N3O2.Pt/c1-40(2,3)32-25-34(39(45)35(26-32)41(4,5)6)37-23-31(27-11-8-7-9-12-27)22-36(44-37)30-13-10-14-33(21-30)46-38-24-29(17-20-43-38)28-15-18-42-19-16-28;/h7-20,22-26,45H,1-6H3;/q-1;. The van der Waals surface area contributed by atoms with Gasteiger partial charge in [-0.3, -0.25) is 9.97 Å². The van der Waals surface area contributed by atoms with Crippen LogP contribution in [-0.2, 0) is 31.9 Å². The number of rotatable bonds is 6. The molecule has 0 saturated heterocycles. The van der Waals surface area contributed by atoms with Crippen molar-refractivity contribution in [1.82, 2.24) is 15.0 Å². The first-order chi connectivity index (χ1) is 22.0. The van der Waals surface area contributed by atoms with Crippen molar-refractivity contribution in [2.75, 3.05) is 0 Å². The molecule has 0 unspecified atom stereocenters. The first-order valence-electron chi connectivity index (χ1n) is 15.5. The van der Waals surface area contributed by atoms with Gasteiger partial charge in [0.2, 0.25) is 5.88 Å². The molecule has 47 heavy (non-hydrogen) atoms. The minimum Gasteiger partial charge on any atom is -0.507 e. The van der Waals surface area contributed by atoms with E-state index in [0.29, 0.717) is 22.9 Å². The molecule has 240 valence electrons. The van der Waals surface area contributed by atoms with Crippen LogP contribution in [-0.4, -0.2) is 20.1 Å². The van der Waals surface area contributed by atoms with Gasteiger partial charge in [-0.05, 0) is 74.7 Å². The Balaban J connectivity index is 0.00000433. The zero-order chi connectivity index (χ0) is 32.5. The summed E-state index contributed by atoms with van der Waals surface area (Å²) in [5.74, 6) is 1.25. The molecule has 0 fully saturated rings. The SMILES string of the molecule is CC(C)(C)c1cc(-c2cc(-c3ccccc3)cc(-c3[c-]c(Oc4cc(-c5ccncc5)ccn4)ccc3)n2)c(O)c(C(C)(C)C)c1.[Pt]. The van der Waals surface area contributed by atoms with Gasteiger partial charge in [-0.2, -0.15) is 0 Å². The van der Waals surface area contributed by atoms with E-state index < -0.39 is 0 Å². The molecular formula is C41H38N3O2Pt-. The predicted octanol–water partition coefficient (Wildman–Crippen LogP) is 10.4. The third-order valence-electron chi connectivity index (χ3n) is 8.00. The quantitative estimate of drug-likeness (QED) is 0.170. The van der Waals surface area contributed by atoms with Crippen LogP contribution in [0.2, 0.25) is 0 Å². The molecule has 5 nitrogen and oxygen atoms in total. The Labute approximate surface area is 292 Å². The largest absolute Gasteiger partial charge is 0.507 e. The van der Waals surface area contributed by atoms with E-state index in [-0.39, 0.29) is 37.6 Å². The van der Waals surface area contributed by atoms with Crippen molar-refractivity contribution in [2.24, 2.45) is 0 Å². The number of hydrogen-bond donors (Lipinski definition) is 1. The van der Waals surface area contributed by atoms with Crippen molar-refractivity contribution in [2.45, 2.75) is 52.4 Å². The summed E-state index contributed by atoms with van der Waals surface area (Å²) in [6.07, 6.45) is 5.26. The summed E-state index contributed by atoms with van der Waals surface area (Å²) in [5.41, 5.74) is 8.60. The molecular weight excluding hydrogens is 762 g/mol. The number of ether oxygens (including phenoxy) is 1. The molecule has 6 aromatic rings. The number of aromatic nitrogens is 3. The Hall–Kier alpha value is -4.60. The summed E-state index contributed by atoms with van der Waals surface area (Å²) < 4.78 is 6.21. The second-order valence-electron chi connectivity index (χ2n) is 13.6. The number of pyridine rings is 3. The third kappa shape index (κ3) is 7.69. The average Bonchev–Trinajstić information content (AvgIpc) is 3.04. The number of phenols is 1. The molecule has 0 aliphatic rings. The molecule has 0 saturated carbocycles. The van der Waals surface area contributed by atoms with Crippen molar-refractivity contribution in [1.29, 1.82) is 0 Å². The van der Waals surface area contributed by atoms with Crippen LogP contribution in [0, 0.1) is 6.07 Å². The van der Waals surface area contributed by atoms with Crippen LogP contribution in [0.4, 0.5) is 0 Å². The van der Waals surface area contributed by atoms with E-state index in [2.05, 4.69) is 94.0 Å². The van der Waals surface area contributed by atoms with Crippen LogP contribution in [0.25, 0.3) is 44.8 Å².